The minimum atomic E-state index is 0.0870. The summed E-state index contributed by atoms with van der Waals surface area (Å²) in [6.07, 6.45) is 1.47. The van der Waals surface area contributed by atoms with Crippen LogP contribution in [0.2, 0.25) is 0 Å². The molecule has 2 heterocycles. The number of aryl methyl sites for hydroxylation is 1. The van der Waals surface area contributed by atoms with Crippen LogP contribution in [0.25, 0.3) is 22.2 Å². The Morgan fingerprint density at radius 1 is 0.862 bits per heavy atom. The third-order valence-corrected chi connectivity index (χ3v) is 6.05. The average Bonchev–Trinajstić information content (AvgIpc) is 3.27. The van der Waals surface area contributed by atoms with E-state index >= 15 is 0 Å². The molecule has 3 heteroatoms. The molecule has 4 aromatic rings. The third kappa shape index (κ3) is 3.03. The van der Waals surface area contributed by atoms with Gasteiger partial charge in [-0.15, -0.1) is 0 Å². The maximum atomic E-state index is 12.9. The number of hydrogen-bond acceptors (Lipinski definition) is 1. The summed E-state index contributed by atoms with van der Waals surface area (Å²) in [5, 5.41) is 1.24. The van der Waals surface area contributed by atoms with E-state index in [2.05, 4.69) is 77.2 Å². The van der Waals surface area contributed by atoms with Gasteiger partial charge < -0.3 is 9.47 Å². The van der Waals surface area contributed by atoms with Gasteiger partial charge in [-0.25, -0.2) is 0 Å². The summed E-state index contributed by atoms with van der Waals surface area (Å²) >= 11 is 0. The van der Waals surface area contributed by atoms with Gasteiger partial charge in [-0.05, 0) is 23.6 Å². The number of amides is 1. The third-order valence-electron chi connectivity index (χ3n) is 6.05. The smallest absolute Gasteiger partial charge is 0.223 e. The normalized spacial score (nSPS) is 16.7. The molecule has 1 saturated heterocycles. The SMILES string of the molecule is Cn1c(-c2ccccc2)c(C2CCC(=O)N2Cc2ccccc2)c2ccccc21. The van der Waals surface area contributed by atoms with Gasteiger partial charge in [0.25, 0.3) is 0 Å². The van der Waals surface area contributed by atoms with E-state index in [0.717, 1.165) is 6.42 Å². The number of benzene rings is 3. The lowest BCUT2D eigenvalue weighted by atomic mass is 9.97. The number of carbonyl (C=O) groups is 1. The minimum Gasteiger partial charge on any atom is -0.343 e. The fraction of sp³-hybridized carbons (Fsp3) is 0.192. The first-order valence-corrected chi connectivity index (χ1v) is 10.2. The monoisotopic (exact) mass is 380 g/mol. The Kier molecular flexibility index (Phi) is 4.44. The molecule has 0 spiro atoms. The topological polar surface area (TPSA) is 25.2 Å². The van der Waals surface area contributed by atoms with Crippen molar-refractivity contribution >= 4 is 16.8 Å². The van der Waals surface area contributed by atoms with Gasteiger partial charge in [-0.2, -0.15) is 0 Å². The van der Waals surface area contributed by atoms with Crippen LogP contribution in [0.3, 0.4) is 0 Å². The molecule has 29 heavy (non-hydrogen) atoms. The van der Waals surface area contributed by atoms with Crippen LogP contribution >= 0.6 is 0 Å². The molecule has 1 aromatic heterocycles. The minimum absolute atomic E-state index is 0.0870. The summed E-state index contributed by atoms with van der Waals surface area (Å²) in [5.41, 5.74) is 6.07. The number of likely N-dealkylation sites (tertiary alicyclic amines) is 1. The highest BCUT2D eigenvalue weighted by Gasteiger charge is 2.36. The van der Waals surface area contributed by atoms with Crippen molar-refractivity contribution in [2.45, 2.75) is 25.4 Å². The summed E-state index contributed by atoms with van der Waals surface area (Å²) in [4.78, 5) is 14.9. The van der Waals surface area contributed by atoms with E-state index in [1.54, 1.807) is 0 Å². The number of hydrogen-bond donors (Lipinski definition) is 0. The molecule has 0 saturated carbocycles. The van der Waals surface area contributed by atoms with E-state index in [-0.39, 0.29) is 11.9 Å². The van der Waals surface area contributed by atoms with Crippen LogP contribution in [0.4, 0.5) is 0 Å². The fourth-order valence-electron chi connectivity index (χ4n) is 4.72. The zero-order valence-corrected chi connectivity index (χ0v) is 16.6. The Balaban J connectivity index is 1.68. The van der Waals surface area contributed by atoms with Crippen molar-refractivity contribution in [1.29, 1.82) is 0 Å². The van der Waals surface area contributed by atoms with Crippen LogP contribution < -0.4 is 0 Å². The summed E-state index contributed by atoms with van der Waals surface area (Å²) < 4.78 is 2.28. The molecule has 1 atom stereocenters. The first-order valence-electron chi connectivity index (χ1n) is 10.2. The van der Waals surface area contributed by atoms with E-state index in [4.69, 9.17) is 0 Å². The molecule has 1 amide bonds. The molecule has 3 aromatic carbocycles. The van der Waals surface area contributed by atoms with E-state index in [9.17, 15) is 4.79 Å². The van der Waals surface area contributed by atoms with Gasteiger partial charge in [-0.3, -0.25) is 4.79 Å². The Bertz CT molecular complexity index is 1160. The molecule has 5 rings (SSSR count). The molecule has 1 fully saturated rings. The molecule has 144 valence electrons. The van der Waals surface area contributed by atoms with Crippen molar-refractivity contribution in [3.8, 4) is 11.3 Å². The van der Waals surface area contributed by atoms with Gasteiger partial charge in [0.1, 0.15) is 0 Å². The Hall–Kier alpha value is -3.33. The Morgan fingerprint density at radius 2 is 1.52 bits per heavy atom. The summed E-state index contributed by atoms with van der Waals surface area (Å²) in [6, 6.07) is 29.5. The summed E-state index contributed by atoms with van der Waals surface area (Å²) in [6.45, 7) is 0.655. The average molecular weight is 380 g/mol. The van der Waals surface area contributed by atoms with Crippen molar-refractivity contribution in [2.75, 3.05) is 0 Å². The van der Waals surface area contributed by atoms with Gasteiger partial charge in [0.15, 0.2) is 0 Å². The number of aromatic nitrogens is 1. The van der Waals surface area contributed by atoms with Crippen LogP contribution in [0.1, 0.15) is 30.0 Å². The predicted molar refractivity (Wildman–Crippen MR) is 117 cm³/mol. The highest BCUT2D eigenvalue weighted by molar-refractivity contribution is 5.93. The molecule has 0 N–H and O–H groups in total. The van der Waals surface area contributed by atoms with Crippen LogP contribution in [-0.2, 0) is 18.4 Å². The molecule has 1 unspecified atom stereocenters. The highest BCUT2D eigenvalue weighted by atomic mass is 16.2. The number of nitrogens with zero attached hydrogens (tertiary/aromatic N) is 2. The van der Waals surface area contributed by atoms with Crippen molar-refractivity contribution in [3.05, 3.63) is 96.1 Å². The zero-order valence-electron chi connectivity index (χ0n) is 16.6. The molecule has 3 nitrogen and oxygen atoms in total. The van der Waals surface area contributed by atoms with Gasteiger partial charge >= 0.3 is 0 Å². The van der Waals surface area contributed by atoms with E-state index in [1.165, 1.54) is 33.3 Å². The Labute approximate surface area is 171 Å². The predicted octanol–water partition coefficient (Wildman–Crippen LogP) is 5.71. The van der Waals surface area contributed by atoms with E-state index in [0.29, 0.717) is 13.0 Å². The highest BCUT2D eigenvalue weighted by Crippen LogP contribution is 2.44. The molecule has 1 aliphatic rings. The van der Waals surface area contributed by atoms with E-state index in [1.807, 2.05) is 24.3 Å². The molecule has 0 radical (unpaired) electrons. The summed E-state index contributed by atoms with van der Waals surface area (Å²) in [5.74, 6) is 0.241. The number of fused-ring (bicyclic) bond motifs is 1. The lowest BCUT2D eigenvalue weighted by Crippen LogP contribution is -2.27. The Morgan fingerprint density at radius 3 is 2.28 bits per heavy atom. The van der Waals surface area contributed by atoms with Crippen LogP contribution in [0, 0.1) is 0 Å². The lowest BCUT2D eigenvalue weighted by Gasteiger charge is -2.26. The van der Waals surface area contributed by atoms with Crippen molar-refractivity contribution < 1.29 is 4.79 Å². The van der Waals surface area contributed by atoms with Crippen LogP contribution in [0.5, 0.6) is 0 Å². The van der Waals surface area contributed by atoms with Crippen molar-refractivity contribution in [3.63, 3.8) is 0 Å². The molecule has 1 aliphatic heterocycles. The second-order valence-corrected chi connectivity index (χ2v) is 7.77. The van der Waals surface area contributed by atoms with E-state index < -0.39 is 0 Å². The zero-order chi connectivity index (χ0) is 19.8. The van der Waals surface area contributed by atoms with Gasteiger partial charge in [0.05, 0.1) is 11.7 Å². The number of carbonyl (C=O) groups excluding carboxylic acids is 1. The van der Waals surface area contributed by atoms with Crippen molar-refractivity contribution in [1.82, 2.24) is 9.47 Å². The largest absolute Gasteiger partial charge is 0.343 e. The fourth-order valence-corrected chi connectivity index (χ4v) is 4.72. The van der Waals surface area contributed by atoms with Gasteiger partial charge in [0.2, 0.25) is 5.91 Å². The maximum absolute atomic E-state index is 12.9. The molecular formula is C26H24N2O. The quantitative estimate of drug-likeness (QED) is 0.445. The second-order valence-electron chi connectivity index (χ2n) is 7.77. The second kappa shape index (κ2) is 7.25. The lowest BCUT2D eigenvalue weighted by molar-refractivity contribution is -0.129. The molecular weight excluding hydrogens is 356 g/mol. The standard InChI is InChI=1S/C26H24N2O/c1-27-22-15-9-8-14-21(22)25(26(27)20-12-6-3-7-13-20)23-16-17-24(29)28(23)18-19-10-4-2-5-11-19/h2-15,23H,16-18H2,1H3. The number of rotatable bonds is 4. The first-order chi connectivity index (χ1) is 14.2. The van der Waals surface area contributed by atoms with Crippen molar-refractivity contribution in [2.24, 2.45) is 7.05 Å². The number of para-hydroxylation sites is 1. The van der Waals surface area contributed by atoms with Gasteiger partial charge in [-0.1, -0.05) is 78.9 Å². The molecule has 0 aliphatic carbocycles. The van der Waals surface area contributed by atoms with Crippen LogP contribution in [-0.4, -0.2) is 15.4 Å². The first kappa shape index (κ1) is 17.7. The molecule has 0 bridgehead atoms. The summed E-state index contributed by atoms with van der Waals surface area (Å²) in [7, 11) is 2.13. The van der Waals surface area contributed by atoms with Gasteiger partial charge in [0, 0.05) is 36.5 Å². The maximum Gasteiger partial charge on any atom is 0.223 e. The van der Waals surface area contributed by atoms with Crippen LogP contribution in [0.15, 0.2) is 84.9 Å².